The van der Waals surface area contributed by atoms with Gasteiger partial charge in [0.1, 0.15) is 6.07 Å². The molecule has 5 heteroatoms. The Morgan fingerprint density at radius 2 is 1.82 bits per heavy atom. The highest BCUT2D eigenvalue weighted by atomic mass is 79.9. The quantitative estimate of drug-likeness (QED) is 0.355. The van der Waals surface area contributed by atoms with Crippen LogP contribution in [0.3, 0.4) is 0 Å². The van der Waals surface area contributed by atoms with E-state index in [2.05, 4.69) is 50.3 Å². The summed E-state index contributed by atoms with van der Waals surface area (Å²) in [5.41, 5.74) is 5.64. The molecule has 0 amide bonds. The third-order valence-electron chi connectivity index (χ3n) is 4.83. The van der Waals surface area contributed by atoms with Gasteiger partial charge >= 0.3 is 0 Å². The van der Waals surface area contributed by atoms with Crippen LogP contribution in [-0.4, -0.2) is 14.8 Å². The Bertz CT molecular complexity index is 1400. The normalized spacial score (nSPS) is 11.0. The van der Waals surface area contributed by atoms with Crippen molar-refractivity contribution in [1.29, 1.82) is 5.26 Å². The number of benzene rings is 3. The molecular weight excluding hydrogens is 412 g/mol. The molecule has 0 unspecified atom stereocenters. The summed E-state index contributed by atoms with van der Waals surface area (Å²) in [6.07, 6.45) is 3.79. The lowest BCUT2D eigenvalue weighted by Crippen LogP contribution is -1.96. The molecule has 0 aliphatic carbocycles. The monoisotopic (exact) mass is 424 g/mol. The van der Waals surface area contributed by atoms with Gasteiger partial charge in [0.25, 0.3) is 0 Å². The third kappa shape index (κ3) is 2.67. The summed E-state index contributed by atoms with van der Waals surface area (Å²) in [4.78, 5) is 4.60. The number of fused-ring (bicyclic) bond motifs is 2. The molecule has 28 heavy (non-hydrogen) atoms. The van der Waals surface area contributed by atoms with Crippen molar-refractivity contribution in [1.82, 2.24) is 14.8 Å². The molecule has 5 aromatic rings. The molecule has 132 valence electrons. The molecule has 2 heterocycles. The first kappa shape index (κ1) is 16.7. The van der Waals surface area contributed by atoms with E-state index in [1.807, 2.05) is 59.5 Å². The van der Waals surface area contributed by atoms with Crippen LogP contribution in [0.2, 0.25) is 0 Å². The van der Waals surface area contributed by atoms with Crippen molar-refractivity contribution in [3.63, 3.8) is 0 Å². The summed E-state index contributed by atoms with van der Waals surface area (Å²) in [6.45, 7) is 0. The molecule has 5 rings (SSSR count). The maximum Gasteiger partial charge on any atom is 0.100 e. The number of para-hydroxylation sites is 1. The number of aromatic nitrogens is 3. The van der Waals surface area contributed by atoms with Crippen LogP contribution in [0.25, 0.3) is 38.6 Å². The van der Waals surface area contributed by atoms with E-state index in [4.69, 9.17) is 5.26 Å². The summed E-state index contributed by atoms with van der Waals surface area (Å²) in [7, 11) is 0. The van der Waals surface area contributed by atoms with Crippen molar-refractivity contribution < 1.29 is 0 Å². The second kappa shape index (κ2) is 6.59. The van der Waals surface area contributed by atoms with Gasteiger partial charge in [-0.25, -0.2) is 4.68 Å². The Morgan fingerprint density at radius 3 is 2.68 bits per heavy atom. The highest BCUT2D eigenvalue weighted by Gasteiger charge is 2.12. The maximum atomic E-state index is 9.14. The van der Waals surface area contributed by atoms with E-state index < -0.39 is 0 Å². The van der Waals surface area contributed by atoms with E-state index >= 15 is 0 Å². The minimum atomic E-state index is 0.600. The van der Waals surface area contributed by atoms with Crippen molar-refractivity contribution in [3.05, 3.63) is 89.2 Å². The fourth-order valence-electron chi connectivity index (χ4n) is 3.45. The molecule has 4 nitrogen and oxygen atoms in total. The van der Waals surface area contributed by atoms with E-state index in [1.54, 1.807) is 6.07 Å². The highest BCUT2D eigenvalue weighted by Crippen LogP contribution is 2.31. The second-order valence-corrected chi connectivity index (χ2v) is 7.34. The van der Waals surface area contributed by atoms with E-state index in [-0.39, 0.29) is 0 Å². The SMILES string of the molecule is N#Cc1ccc(-n2ncc3c(-c4cnc5ccccc5c4)cccc32)cc1Br. The van der Waals surface area contributed by atoms with Crippen LogP contribution < -0.4 is 0 Å². The Hall–Kier alpha value is -3.49. The predicted molar refractivity (Wildman–Crippen MR) is 114 cm³/mol. The number of nitrogens with zero attached hydrogens (tertiary/aromatic N) is 4. The van der Waals surface area contributed by atoms with E-state index in [1.165, 1.54) is 0 Å². The average molecular weight is 425 g/mol. The molecule has 3 aromatic carbocycles. The first-order valence-electron chi connectivity index (χ1n) is 8.76. The topological polar surface area (TPSA) is 54.5 Å². The zero-order valence-electron chi connectivity index (χ0n) is 14.7. The molecule has 0 aliphatic rings. The minimum absolute atomic E-state index is 0.600. The second-order valence-electron chi connectivity index (χ2n) is 6.49. The van der Waals surface area contributed by atoms with Crippen molar-refractivity contribution >= 4 is 37.7 Å². The van der Waals surface area contributed by atoms with Gasteiger partial charge in [0.2, 0.25) is 0 Å². The molecule has 0 N–H and O–H groups in total. The smallest absolute Gasteiger partial charge is 0.100 e. The van der Waals surface area contributed by atoms with Gasteiger partial charge < -0.3 is 0 Å². The number of rotatable bonds is 2. The van der Waals surface area contributed by atoms with Gasteiger partial charge in [0.15, 0.2) is 0 Å². The molecule has 2 aromatic heterocycles. The molecule has 0 spiro atoms. The van der Waals surface area contributed by atoms with Crippen LogP contribution in [0.5, 0.6) is 0 Å². The number of pyridine rings is 1. The van der Waals surface area contributed by atoms with Crippen molar-refractivity contribution in [2.75, 3.05) is 0 Å². The predicted octanol–water partition coefficient (Wildman–Crippen LogP) is 5.87. The van der Waals surface area contributed by atoms with Crippen LogP contribution in [0.15, 0.2) is 83.6 Å². The summed E-state index contributed by atoms with van der Waals surface area (Å²) >= 11 is 3.46. The van der Waals surface area contributed by atoms with Crippen molar-refractivity contribution in [3.8, 4) is 22.9 Å². The average Bonchev–Trinajstić information content (AvgIpc) is 3.17. The van der Waals surface area contributed by atoms with Crippen LogP contribution in [-0.2, 0) is 0 Å². The highest BCUT2D eigenvalue weighted by molar-refractivity contribution is 9.10. The van der Waals surface area contributed by atoms with Crippen LogP contribution in [0.1, 0.15) is 5.56 Å². The molecule has 0 fully saturated rings. The van der Waals surface area contributed by atoms with Gasteiger partial charge in [0.05, 0.1) is 28.5 Å². The molecular formula is C23H13BrN4. The number of halogens is 1. The molecule has 0 aliphatic heterocycles. The summed E-state index contributed by atoms with van der Waals surface area (Å²) < 4.78 is 2.64. The van der Waals surface area contributed by atoms with Gasteiger partial charge in [-0.1, -0.05) is 30.3 Å². The fourth-order valence-corrected chi connectivity index (χ4v) is 3.91. The van der Waals surface area contributed by atoms with Crippen LogP contribution >= 0.6 is 15.9 Å². The fraction of sp³-hybridized carbons (Fsp3) is 0. The van der Waals surface area contributed by atoms with Gasteiger partial charge in [-0.2, -0.15) is 10.4 Å². The number of nitriles is 1. The molecule has 0 bridgehead atoms. The van der Waals surface area contributed by atoms with Gasteiger partial charge in [-0.05, 0) is 57.9 Å². The molecule has 0 saturated carbocycles. The van der Waals surface area contributed by atoms with Gasteiger partial charge in [-0.15, -0.1) is 0 Å². The van der Waals surface area contributed by atoms with E-state index in [0.717, 1.165) is 43.1 Å². The lowest BCUT2D eigenvalue weighted by atomic mass is 10.0. The Balaban J connectivity index is 1.68. The minimum Gasteiger partial charge on any atom is -0.256 e. The first-order chi connectivity index (χ1) is 13.7. The first-order valence-corrected chi connectivity index (χ1v) is 9.56. The van der Waals surface area contributed by atoms with Crippen molar-refractivity contribution in [2.45, 2.75) is 0 Å². The Labute approximate surface area is 169 Å². The van der Waals surface area contributed by atoms with Crippen molar-refractivity contribution in [2.24, 2.45) is 0 Å². The lowest BCUT2D eigenvalue weighted by molar-refractivity contribution is 0.909. The van der Waals surface area contributed by atoms with E-state index in [0.29, 0.717) is 5.56 Å². The summed E-state index contributed by atoms with van der Waals surface area (Å²) in [6, 6.07) is 24.2. The third-order valence-corrected chi connectivity index (χ3v) is 5.49. The standard InChI is InChI=1S/C23H13BrN4/c24-21-11-18(9-8-16(21)12-25)28-23-7-3-5-19(20(23)14-27-28)17-10-15-4-1-2-6-22(15)26-13-17/h1-11,13-14H. The summed E-state index contributed by atoms with van der Waals surface area (Å²) in [5.74, 6) is 0. The Morgan fingerprint density at radius 1 is 0.929 bits per heavy atom. The zero-order chi connectivity index (χ0) is 19.1. The molecule has 0 radical (unpaired) electrons. The number of hydrogen-bond donors (Lipinski definition) is 0. The summed E-state index contributed by atoms with van der Waals surface area (Å²) in [5, 5.41) is 15.9. The zero-order valence-corrected chi connectivity index (χ0v) is 16.3. The number of hydrogen-bond acceptors (Lipinski definition) is 3. The van der Waals surface area contributed by atoms with Gasteiger partial charge in [0, 0.05) is 27.0 Å². The largest absolute Gasteiger partial charge is 0.256 e. The maximum absolute atomic E-state index is 9.14. The molecule has 0 saturated heterocycles. The van der Waals surface area contributed by atoms with Gasteiger partial charge in [-0.3, -0.25) is 4.98 Å². The van der Waals surface area contributed by atoms with E-state index in [9.17, 15) is 0 Å². The molecule has 0 atom stereocenters. The van der Waals surface area contributed by atoms with Crippen LogP contribution in [0, 0.1) is 11.3 Å². The van der Waals surface area contributed by atoms with Crippen LogP contribution in [0.4, 0.5) is 0 Å². The lowest BCUT2D eigenvalue weighted by Gasteiger charge is -2.08. The Kier molecular flexibility index (Phi) is 3.92.